The molecule has 0 aliphatic rings. The van der Waals surface area contributed by atoms with E-state index < -0.39 is 0 Å². The van der Waals surface area contributed by atoms with E-state index in [0.717, 1.165) is 42.8 Å². The molecule has 0 saturated carbocycles. The van der Waals surface area contributed by atoms with E-state index in [9.17, 15) is 0 Å². The Kier molecular flexibility index (Phi) is 39.4. The maximum atomic E-state index is 5.66. The van der Waals surface area contributed by atoms with E-state index in [1.165, 1.54) is 73.7 Å². The molecule has 0 aromatic carbocycles. The van der Waals surface area contributed by atoms with Crippen LogP contribution in [0.3, 0.4) is 0 Å². The van der Waals surface area contributed by atoms with Crippen molar-refractivity contribution in [1.82, 2.24) is 0 Å². The molecule has 0 aromatic rings. The summed E-state index contributed by atoms with van der Waals surface area (Å²) in [6, 6.07) is 1.11. The number of allylic oxidation sites excluding steroid dienone is 1. The summed E-state index contributed by atoms with van der Waals surface area (Å²) in [4.78, 5) is 0. The molecular formula is C33H73N3S3. The molecule has 0 aliphatic heterocycles. The van der Waals surface area contributed by atoms with Gasteiger partial charge >= 0.3 is 0 Å². The van der Waals surface area contributed by atoms with Crippen LogP contribution in [0.1, 0.15) is 127 Å². The molecule has 0 rings (SSSR count). The van der Waals surface area contributed by atoms with Gasteiger partial charge in [-0.2, -0.15) is 35.3 Å². The van der Waals surface area contributed by atoms with Crippen LogP contribution in [0.15, 0.2) is 12.2 Å². The number of nitrogens with two attached hydrogens (primary N) is 3. The molecule has 0 saturated heterocycles. The van der Waals surface area contributed by atoms with E-state index in [0.29, 0.717) is 18.1 Å². The van der Waals surface area contributed by atoms with Gasteiger partial charge < -0.3 is 17.2 Å². The van der Waals surface area contributed by atoms with Crippen molar-refractivity contribution in [3.8, 4) is 0 Å². The molecule has 0 heterocycles. The quantitative estimate of drug-likeness (QED) is 0.0793. The fourth-order valence-corrected chi connectivity index (χ4v) is 6.37. The molecular weight excluding hydrogens is 535 g/mol. The van der Waals surface area contributed by atoms with E-state index >= 15 is 0 Å². The Morgan fingerprint density at radius 1 is 0.436 bits per heavy atom. The molecule has 0 bridgehead atoms. The van der Waals surface area contributed by atoms with Gasteiger partial charge in [-0.1, -0.05) is 73.0 Å². The van der Waals surface area contributed by atoms with Crippen LogP contribution in [0.5, 0.6) is 0 Å². The fourth-order valence-electron chi connectivity index (χ4n) is 3.13. The second-order valence-corrected chi connectivity index (χ2v) is 16.1. The van der Waals surface area contributed by atoms with Crippen molar-refractivity contribution >= 4 is 35.3 Å². The summed E-state index contributed by atoms with van der Waals surface area (Å²) in [5, 5.41) is 0. The number of rotatable bonds is 23. The lowest BCUT2D eigenvalue weighted by Crippen LogP contribution is -2.15. The molecule has 0 spiro atoms. The summed E-state index contributed by atoms with van der Waals surface area (Å²) in [6.45, 7) is 19.9. The molecule has 3 nitrogen and oxygen atoms in total. The van der Waals surface area contributed by atoms with Gasteiger partial charge in [0.1, 0.15) is 0 Å². The highest BCUT2D eigenvalue weighted by atomic mass is 32.2. The average Bonchev–Trinajstić information content (AvgIpc) is 2.82. The Morgan fingerprint density at radius 3 is 1.28 bits per heavy atom. The van der Waals surface area contributed by atoms with Crippen LogP contribution in [0.25, 0.3) is 0 Å². The fraction of sp³-hybridized carbons (Fsp3) is 0.939. The van der Waals surface area contributed by atoms with E-state index in [2.05, 4.69) is 86.2 Å². The third kappa shape index (κ3) is 55.3. The zero-order valence-electron chi connectivity index (χ0n) is 27.9. The number of unbranched alkanes of at least 4 members (excludes halogenated alkanes) is 1. The Balaban J connectivity index is -0.000000500. The second-order valence-electron chi connectivity index (χ2n) is 12.5. The first-order valence-corrected chi connectivity index (χ1v) is 19.5. The van der Waals surface area contributed by atoms with Gasteiger partial charge in [0.2, 0.25) is 0 Å². The van der Waals surface area contributed by atoms with Gasteiger partial charge in [0.05, 0.1) is 0 Å². The standard InChI is InChI=1S/C12H25NS.C11H25NS.C10H23NS/c1-11(2)7-5-4-6-9-14-10-8-12(3)13;1-10(2)6-4-5-8-13-9-7-11(3)12;1-9(2)5-4-7-12-8-6-10(3)11/h4,6,11-12H,5,7-10,13H2,1-3H3;10-11H,4-9,12H2,1-3H3;9-10H,4-8,11H2,1-3H3/b6-4+;;/t12-;11-;10-/m111/s1. The summed E-state index contributed by atoms with van der Waals surface area (Å²) >= 11 is 6.07. The zero-order valence-corrected chi connectivity index (χ0v) is 30.3. The Morgan fingerprint density at radius 2 is 0.846 bits per heavy atom. The zero-order chi connectivity index (χ0) is 30.3. The maximum Gasteiger partial charge on any atom is 0.0113 e. The van der Waals surface area contributed by atoms with Gasteiger partial charge in [0.15, 0.2) is 0 Å². The number of hydrogen-bond donors (Lipinski definition) is 3. The van der Waals surface area contributed by atoms with Crippen molar-refractivity contribution in [2.24, 2.45) is 35.0 Å². The molecule has 6 N–H and O–H groups in total. The minimum Gasteiger partial charge on any atom is -0.328 e. The van der Waals surface area contributed by atoms with Crippen LogP contribution >= 0.6 is 35.3 Å². The average molecular weight is 608 g/mol. The monoisotopic (exact) mass is 607 g/mol. The lowest BCUT2D eigenvalue weighted by molar-refractivity contribution is 0.551. The third-order valence-corrected chi connectivity index (χ3v) is 8.99. The van der Waals surface area contributed by atoms with E-state index in [1.807, 2.05) is 23.5 Å². The van der Waals surface area contributed by atoms with Crippen molar-refractivity contribution in [1.29, 1.82) is 0 Å². The third-order valence-electron chi connectivity index (χ3n) is 5.83. The summed E-state index contributed by atoms with van der Waals surface area (Å²) in [6.07, 6.45) is 17.5. The van der Waals surface area contributed by atoms with Gasteiger partial charge in [0, 0.05) is 23.9 Å². The molecule has 0 fully saturated rings. The Labute approximate surface area is 260 Å². The predicted molar refractivity (Wildman–Crippen MR) is 193 cm³/mol. The number of hydrogen-bond acceptors (Lipinski definition) is 6. The summed E-state index contributed by atoms with van der Waals surface area (Å²) in [5.41, 5.74) is 17.0. The van der Waals surface area contributed by atoms with Gasteiger partial charge in [-0.15, -0.1) is 0 Å². The van der Waals surface area contributed by atoms with E-state index in [-0.39, 0.29) is 0 Å². The highest BCUT2D eigenvalue weighted by Gasteiger charge is 1.98. The van der Waals surface area contributed by atoms with Crippen molar-refractivity contribution in [2.45, 2.75) is 145 Å². The topological polar surface area (TPSA) is 78.1 Å². The minimum atomic E-state index is 0.354. The summed E-state index contributed by atoms with van der Waals surface area (Å²) in [7, 11) is 0. The first-order valence-electron chi connectivity index (χ1n) is 16.0. The van der Waals surface area contributed by atoms with Crippen LogP contribution in [0.2, 0.25) is 0 Å². The molecule has 0 radical (unpaired) electrons. The molecule has 238 valence electrons. The van der Waals surface area contributed by atoms with Gasteiger partial charge in [-0.3, -0.25) is 0 Å². The van der Waals surface area contributed by atoms with Gasteiger partial charge in [-0.05, 0) is 112 Å². The predicted octanol–water partition coefficient (Wildman–Crippen LogP) is 9.63. The molecule has 0 unspecified atom stereocenters. The molecule has 3 atom stereocenters. The largest absolute Gasteiger partial charge is 0.328 e. The first kappa shape index (κ1) is 44.1. The maximum absolute atomic E-state index is 5.66. The SMILES string of the molecule is CC(C)CC/C=C/CSCC[C@@H](C)N.CC(C)CCCCSCC[C@@H](C)N.CC(C)CCCSCC[C@@H](C)N. The van der Waals surface area contributed by atoms with E-state index in [4.69, 9.17) is 17.2 Å². The second kappa shape index (κ2) is 34.9. The van der Waals surface area contributed by atoms with Crippen molar-refractivity contribution in [3.05, 3.63) is 12.2 Å². The summed E-state index contributed by atoms with van der Waals surface area (Å²) < 4.78 is 0. The van der Waals surface area contributed by atoms with Crippen molar-refractivity contribution < 1.29 is 0 Å². The molecule has 39 heavy (non-hydrogen) atoms. The normalized spacial score (nSPS) is 13.8. The van der Waals surface area contributed by atoms with Gasteiger partial charge in [-0.25, -0.2) is 0 Å². The Hall–Kier alpha value is 0.670. The van der Waals surface area contributed by atoms with Gasteiger partial charge in [0.25, 0.3) is 0 Å². The molecule has 6 heteroatoms. The van der Waals surface area contributed by atoms with Crippen LogP contribution in [0, 0.1) is 17.8 Å². The Bertz CT molecular complexity index is 443. The molecule has 0 aliphatic carbocycles. The van der Waals surface area contributed by atoms with Crippen LogP contribution < -0.4 is 17.2 Å². The van der Waals surface area contributed by atoms with Crippen molar-refractivity contribution in [2.75, 3.05) is 34.5 Å². The van der Waals surface area contributed by atoms with Crippen LogP contribution in [-0.2, 0) is 0 Å². The molecule has 0 aromatic heterocycles. The van der Waals surface area contributed by atoms with Crippen LogP contribution in [0.4, 0.5) is 0 Å². The lowest BCUT2D eigenvalue weighted by atomic mass is 10.1. The highest BCUT2D eigenvalue weighted by Crippen LogP contribution is 2.12. The summed E-state index contributed by atoms with van der Waals surface area (Å²) in [5.74, 6) is 9.98. The smallest absolute Gasteiger partial charge is 0.0113 e. The number of thioether (sulfide) groups is 3. The van der Waals surface area contributed by atoms with Crippen LogP contribution in [-0.4, -0.2) is 52.6 Å². The minimum absolute atomic E-state index is 0.354. The lowest BCUT2D eigenvalue weighted by Gasteiger charge is -2.05. The molecule has 0 amide bonds. The highest BCUT2D eigenvalue weighted by molar-refractivity contribution is 7.99. The van der Waals surface area contributed by atoms with Crippen molar-refractivity contribution in [3.63, 3.8) is 0 Å². The van der Waals surface area contributed by atoms with E-state index in [1.54, 1.807) is 0 Å². The first-order chi connectivity index (χ1) is 18.4.